The van der Waals surface area contributed by atoms with Crippen LogP contribution in [-0.2, 0) is 16.4 Å². The molecule has 16 heteroatoms. The highest BCUT2D eigenvalue weighted by Crippen LogP contribution is 2.45. The number of ether oxygens (including phenoxy) is 2. The number of nitrogens with zero attached hydrogens (tertiary/aromatic N) is 4. The predicted molar refractivity (Wildman–Crippen MR) is 250 cm³/mol. The van der Waals surface area contributed by atoms with Crippen molar-refractivity contribution < 1.29 is 32.7 Å². The average Bonchev–Trinajstić information content (AvgIpc) is 3.75. The zero-order valence-corrected chi connectivity index (χ0v) is 38.5. The molecule has 3 N–H and O–H groups in total. The van der Waals surface area contributed by atoms with Gasteiger partial charge in [0.05, 0.1) is 39.4 Å². The molecule has 0 spiro atoms. The Morgan fingerprint density at radius 3 is 2.51 bits per heavy atom. The molecule has 14 nitrogen and oxygen atoms in total. The van der Waals surface area contributed by atoms with Gasteiger partial charge in [0, 0.05) is 79.1 Å². The topological polar surface area (TPSA) is 180 Å². The number of nitro groups is 1. The number of rotatable bonds is 11. The van der Waals surface area contributed by atoms with Crippen LogP contribution in [0.25, 0.3) is 16.6 Å². The number of piperazine rings is 1. The maximum absolute atomic E-state index is 14.1. The van der Waals surface area contributed by atoms with Gasteiger partial charge in [0.2, 0.25) is 0 Å². The third kappa shape index (κ3) is 9.89. The molecular weight excluding hydrogens is 868 g/mol. The molecule has 2 fully saturated rings. The summed E-state index contributed by atoms with van der Waals surface area (Å²) in [4.78, 5) is 37.6. The van der Waals surface area contributed by atoms with Crippen LogP contribution in [0.15, 0.2) is 89.6 Å². The second-order valence-electron chi connectivity index (χ2n) is 19.3. The van der Waals surface area contributed by atoms with Gasteiger partial charge in [0.1, 0.15) is 22.9 Å². The number of aromatic amines is 1. The number of aromatic nitrogens is 2. The maximum atomic E-state index is 14.1. The number of hydrogen-bond acceptors (Lipinski definition) is 11. The summed E-state index contributed by atoms with van der Waals surface area (Å²) in [6.45, 7) is 10.7. The maximum Gasteiger partial charge on any atom is 0.277 e. The van der Waals surface area contributed by atoms with Crippen LogP contribution < -0.4 is 19.1 Å². The lowest BCUT2D eigenvalue weighted by Crippen LogP contribution is -2.47. The lowest BCUT2D eigenvalue weighted by molar-refractivity contribution is -0.386. The Morgan fingerprint density at radius 1 is 1.02 bits per heavy atom. The van der Waals surface area contributed by atoms with Crippen molar-refractivity contribution in [2.24, 2.45) is 17.3 Å². The normalized spacial score (nSPS) is 22.6. The first-order valence-electron chi connectivity index (χ1n) is 22.4. The van der Waals surface area contributed by atoms with Crippen molar-refractivity contribution in [3.63, 3.8) is 0 Å². The Bertz CT molecular complexity index is 2770. The van der Waals surface area contributed by atoms with Crippen LogP contribution >= 0.6 is 11.6 Å². The quantitative estimate of drug-likeness (QED) is 0.0849. The first-order chi connectivity index (χ1) is 31.0. The molecule has 0 bridgehead atoms. The van der Waals surface area contributed by atoms with Crippen LogP contribution in [0.3, 0.4) is 0 Å². The van der Waals surface area contributed by atoms with E-state index in [4.69, 9.17) is 21.1 Å². The number of nitrogens with one attached hydrogen (secondary N) is 2. The average molecular weight is 924 g/mol. The summed E-state index contributed by atoms with van der Waals surface area (Å²) in [5, 5.41) is 24.4. The predicted octanol–water partition coefficient (Wildman–Crippen LogP) is 9.31. The van der Waals surface area contributed by atoms with Crippen molar-refractivity contribution in [2.75, 3.05) is 44.2 Å². The van der Waals surface area contributed by atoms with Crippen LogP contribution in [0.5, 0.6) is 17.2 Å². The summed E-state index contributed by atoms with van der Waals surface area (Å²) >= 11 is 6.25. The van der Waals surface area contributed by atoms with Crippen LogP contribution in [0.1, 0.15) is 87.2 Å². The molecule has 5 aromatic rings. The number of aliphatic hydroxyl groups is 1. The highest BCUT2D eigenvalue weighted by molar-refractivity contribution is 7.90. The van der Waals surface area contributed by atoms with Gasteiger partial charge >= 0.3 is 0 Å². The Hall–Kier alpha value is -5.48. The molecule has 3 aromatic carbocycles. The Kier molecular flexibility index (Phi) is 12.2. The fourth-order valence-electron chi connectivity index (χ4n) is 10.0. The molecule has 1 saturated heterocycles. The number of benzene rings is 3. The zero-order valence-electron chi connectivity index (χ0n) is 36.9. The van der Waals surface area contributed by atoms with E-state index in [0.29, 0.717) is 49.3 Å². The van der Waals surface area contributed by atoms with E-state index < -0.39 is 31.4 Å². The van der Waals surface area contributed by atoms with E-state index in [2.05, 4.69) is 50.5 Å². The van der Waals surface area contributed by atoms with Gasteiger partial charge in [0.15, 0.2) is 0 Å². The van der Waals surface area contributed by atoms with Gasteiger partial charge in [-0.2, -0.15) is 0 Å². The monoisotopic (exact) mass is 922 g/mol. The first kappa shape index (κ1) is 44.7. The third-order valence-corrected chi connectivity index (χ3v) is 15.5. The summed E-state index contributed by atoms with van der Waals surface area (Å²) in [5.74, 6) is -0.206. The standard InChI is InChI=1S/C49H55ClN6O8S/c1-48(2)14-10-34(42(27-48)32-4-6-36(50)7-5-32)29-54-18-20-55(21-19-54)37-8-9-40(45(24-37)64-38-22-33-13-17-51-46(33)52-28-38)47(57)53-65(61,62)39-25-43(56(59)60)41-23-35(30-63-44(41)26-39)31-11-15-49(3,58)16-12-31/h4-9,13,17,22,24-26,28,31,35,58H,10-12,14-16,18-21,23,27,29-30H2,1-3H3,(H,51,52)(H,53,57)/t31?,35-,49?/m0/s1. The molecule has 2 aliphatic heterocycles. The van der Waals surface area contributed by atoms with E-state index in [9.17, 15) is 28.4 Å². The number of sulfonamides is 1. The fourth-order valence-corrected chi connectivity index (χ4v) is 11.2. The smallest absolute Gasteiger partial charge is 0.277 e. The molecule has 0 radical (unpaired) electrons. The molecule has 0 unspecified atom stereocenters. The molecular formula is C49H55ClN6O8S. The Balaban J connectivity index is 0.940. The van der Waals surface area contributed by atoms with Crippen molar-refractivity contribution in [3.8, 4) is 17.2 Å². The third-order valence-electron chi connectivity index (χ3n) is 13.9. The number of H-pyrrole nitrogens is 1. The van der Waals surface area contributed by atoms with Gasteiger partial charge in [-0.05, 0) is 117 Å². The van der Waals surface area contributed by atoms with Crippen LogP contribution in [-0.4, -0.2) is 84.2 Å². The molecule has 1 amide bonds. The molecule has 4 heterocycles. The minimum Gasteiger partial charge on any atom is -0.493 e. The molecule has 2 aliphatic carbocycles. The number of fused-ring (bicyclic) bond motifs is 2. The number of carbonyl (C=O) groups is 1. The lowest BCUT2D eigenvalue weighted by Gasteiger charge is -2.39. The van der Waals surface area contributed by atoms with E-state index in [-0.39, 0.29) is 46.6 Å². The van der Waals surface area contributed by atoms with Crippen molar-refractivity contribution in [2.45, 2.75) is 82.6 Å². The van der Waals surface area contributed by atoms with E-state index in [1.54, 1.807) is 30.5 Å². The number of anilines is 1. The van der Waals surface area contributed by atoms with Crippen molar-refractivity contribution >= 4 is 55.5 Å². The number of halogens is 1. The highest BCUT2D eigenvalue weighted by Gasteiger charge is 2.38. The number of nitro benzene ring substituents is 1. The molecule has 4 aliphatic rings. The molecule has 1 saturated carbocycles. The second kappa shape index (κ2) is 17.7. The van der Waals surface area contributed by atoms with Crippen LogP contribution in [0.4, 0.5) is 11.4 Å². The number of amides is 1. The first-order valence-corrected chi connectivity index (χ1v) is 24.3. The molecule has 1 atom stereocenters. The SMILES string of the molecule is CC1(C)CCC(CN2CCN(c3ccc(C(=O)NS(=O)(=O)c4cc5c(c([N+](=O)[O-])c4)C[C@H](C4CCC(C)(O)CC4)CO5)c(Oc4cnc5[nH]ccc5c4)c3)CC2)=C(c2ccc(Cl)cc2)C1. The summed E-state index contributed by atoms with van der Waals surface area (Å²) in [5.41, 5.74) is 4.94. The second-order valence-corrected chi connectivity index (χ2v) is 21.4. The van der Waals surface area contributed by atoms with Gasteiger partial charge in [-0.15, -0.1) is 0 Å². The number of allylic oxidation sites excluding steroid dienone is 1. The number of hydrogen-bond donors (Lipinski definition) is 3. The molecule has 2 aromatic heterocycles. The van der Waals surface area contributed by atoms with Crippen LogP contribution in [0.2, 0.25) is 5.02 Å². The number of carbonyl (C=O) groups excluding carboxylic acids is 1. The van der Waals surface area contributed by atoms with Gasteiger partial charge in [-0.25, -0.2) is 18.1 Å². The van der Waals surface area contributed by atoms with Gasteiger partial charge in [-0.3, -0.25) is 19.8 Å². The van der Waals surface area contributed by atoms with Gasteiger partial charge < -0.3 is 24.5 Å². The fraction of sp³-hybridized carbons (Fsp3) is 0.429. The van der Waals surface area contributed by atoms with Gasteiger partial charge in [-0.1, -0.05) is 43.2 Å². The molecule has 342 valence electrons. The van der Waals surface area contributed by atoms with E-state index >= 15 is 0 Å². The number of pyridine rings is 1. The van der Waals surface area contributed by atoms with E-state index in [1.807, 2.05) is 25.1 Å². The lowest BCUT2D eigenvalue weighted by atomic mass is 9.72. The minimum atomic E-state index is -4.64. The minimum absolute atomic E-state index is 0.0149. The Labute approximate surface area is 384 Å². The summed E-state index contributed by atoms with van der Waals surface area (Å²) in [6.07, 6.45) is 9.62. The van der Waals surface area contributed by atoms with Crippen molar-refractivity contribution in [1.82, 2.24) is 19.6 Å². The van der Waals surface area contributed by atoms with Crippen molar-refractivity contribution in [3.05, 3.63) is 117 Å². The van der Waals surface area contributed by atoms with Crippen LogP contribution in [0, 0.1) is 27.4 Å². The summed E-state index contributed by atoms with van der Waals surface area (Å²) < 4.78 is 42.4. The summed E-state index contributed by atoms with van der Waals surface area (Å²) in [6, 6.07) is 19.1. The van der Waals surface area contributed by atoms with Gasteiger partial charge in [0.25, 0.3) is 21.6 Å². The summed E-state index contributed by atoms with van der Waals surface area (Å²) in [7, 11) is -4.64. The van der Waals surface area contributed by atoms with E-state index in [1.165, 1.54) is 29.0 Å². The van der Waals surface area contributed by atoms with Crippen molar-refractivity contribution in [1.29, 1.82) is 0 Å². The zero-order chi connectivity index (χ0) is 45.7. The highest BCUT2D eigenvalue weighted by atomic mass is 35.5. The molecule has 9 rings (SSSR count). The largest absolute Gasteiger partial charge is 0.493 e. The molecule has 65 heavy (non-hydrogen) atoms. The Morgan fingerprint density at radius 2 is 1.77 bits per heavy atom. The van der Waals surface area contributed by atoms with E-state index in [0.717, 1.165) is 73.9 Å².